The maximum absolute atomic E-state index is 11.2. The summed E-state index contributed by atoms with van der Waals surface area (Å²) in [6.45, 7) is 0. The number of rotatable bonds is 2. The summed E-state index contributed by atoms with van der Waals surface area (Å²) < 4.78 is 1.30. The van der Waals surface area contributed by atoms with Crippen molar-refractivity contribution in [1.82, 2.24) is 9.55 Å². The zero-order chi connectivity index (χ0) is 11.7. The lowest BCUT2D eigenvalue weighted by molar-refractivity contribution is -0.391. The van der Waals surface area contributed by atoms with Gasteiger partial charge in [-0.2, -0.15) is 0 Å². The summed E-state index contributed by atoms with van der Waals surface area (Å²) in [6.07, 6.45) is 2.63. The van der Waals surface area contributed by atoms with Crippen LogP contribution in [-0.2, 0) is 11.8 Å². The Hall–Kier alpha value is -1.96. The van der Waals surface area contributed by atoms with Crippen LogP contribution >= 0.6 is 11.8 Å². The van der Waals surface area contributed by atoms with Gasteiger partial charge in [0.05, 0.1) is 17.5 Å². The maximum atomic E-state index is 11.2. The molecule has 0 aromatic carbocycles. The lowest BCUT2D eigenvalue weighted by Crippen LogP contribution is -1.99. The van der Waals surface area contributed by atoms with Gasteiger partial charge in [-0.25, -0.2) is 14.5 Å². The van der Waals surface area contributed by atoms with E-state index in [-0.39, 0.29) is 11.7 Å². The molecule has 0 radical (unpaired) electrons. The van der Waals surface area contributed by atoms with E-state index in [4.69, 9.17) is 0 Å². The fraction of sp³-hybridized carbons (Fsp3) is 0.125. The zero-order valence-electron chi connectivity index (χ0n) is 8.15. The number of hydrogen-bond acceptors (Lipinski definition) is 5. The summed E-state index contributed by atoms with van der Waals surface area (Å²) in [5.41, 5.74) is 1.42. The molecule has 0 saturated heterocycles. The lowest BCUT2D eigenvalue weighted by Gasteiger charge is -1.94. The Morgan fingerprint density at radius 2 is 2.38 bits per heavy atom. The third-order valence-electron chi connectivity index (χ3n) is 2.01. The van der Waals surface area contributed by atoms with Gasteiger partial charge in [-0.3, -0.25) is 4.79 Å². The van der Waals surface area contributed by atoms with Gasteiger partial charge in [-0.15, -0.1) is 0 Å². The first-order chi connectivity index (χ1) is 7.59. The van der Waals surface area contributed by atoms with Crippen LogP contribution in [0.1, 0.15) is 5.82 Å². The topological polar surface area (TPSA) is 90.4 Å². The molecule has 1 aliphatic rings. The van der Waals surface area contributed by atoms with Gasteiger partial charge in [0.1, 0.15) is 6.20 Å². The van der Waals surface area contributed by atoms with Gasteiger partial charge in [0, 0.05) is 6.08 Å². The van der Waals surface area contributed by atoms with Gasteiger partial charge in [-0.05, 0) is 4.92 Å². The summed E-state index contributed by atoms with van der Waals surface area (Å²) in [6, 6.07) is 0. The Morgan fingerprint density at radius 1 is 1.62 bits per heavy atom. The van der Waals surface area contributed by atoms with Crippen molar-refractivity contribution >= 4 is 35.1 Å². The molecule has 7 nitrogen and oxygen atoms in total. The van der Waals surface area contributed by atoms with Gasteiger partial charge >= 0.3 is 5.82 Å². The molecule has 8 heteroatoms. The normalized spacial score (nSPS) is 17.3. The van der Waals surface area contributed by atoms with Crippen molar-refractivity contribution in [2.24, 2.45) is 12.0 Å². The Kier molecular flexibility index (Phi) is 2.57. The molecule has 2 rings (SSSR count). The Labute approximate surface area is 94.0 Å². The third-order valence-corrected chi connectivity index (χ3v) is 2.76. The van der Waals surface area contributed by atoms with E-state index in [0.29, 0.717) is 10.7 Å². The summed E-state index contributed by atoms with van der Waals surface area (Å²) in [5, 5.41) is 10.6. The minimum atomic E-state index is -0.533. The summed E-state index contributed by atoms with van der Waals surface area (Å²) in [5.74, 6) is -0.119. The molecule has 0 aliphatic carbocycles. The smallest absolute Gasteiger partial charge is 0.342 e. The minimum Gasteiger partial charge on any atom is -0.358 e. The highest BCUT2D eigenvalue weighted by atomic mass is 32.2. The quantitative estimate of drug-likeness (QED) is 0.435. The number of carbonyl (C=O) groups is 1. The van der Waals surface area contributed by atoms with Crippen molar-refractivity contribution < 1.29 is 9.72 Å². The highest BCUT2D eigenvalue weighted by Crippen LogP contribution is 2.24. The summed E-state index contributed by atoms with van der Waals surface area (Å²) >= 11 is 1.17. The molecule has 1 amide bonds. The van der Waals surface area contributed by atoms with Crippen LogP contribution < -0.4 is 0 Å². The average molecular weight is 238 g/mol. The van der Waals surface area contributed by atoms with Gasteiger partial charge in [-0.1, -0.05) is 11.8 Å². The highest BCUT2D eigenvalue weighted by Gasteiger charge is 2.19. The van der Waals surface area contributed by atoms with Crippen LogP contribution in [0.5, 0.6) is 0 Å². The van der Waals surface area contributed by atoms with E-state index in [1.807, 2.05) is 0 Å². The van der Waals surface area contributed by atoms with Crippen LogP contribution in [-0.4, -0.2) is 25.9 Å². The molecule has 1 aromatic rings. The first kappa shape index (κ1) is 10.6. The number of imidazole rings is 1. The number of nitrogens with zero attached hydrogens (tertiary/aromatic N) is 4. The number of hydrogen-bond donors (Lipinski definition) is 0. The second kappa shape index (κ2) is 3.89. The first-order valence-electron chi connectivity index (χ1n) is 4.21. The predicted molar refractivity (Wildman–Crippen MR) is 58.9 cm³/mol. The molecule has 0 saturated carbocycles. The number of nitro groups is 1. The maximum Gasteiger partial charge on any atom is 0.342 e. The fourth-order valence-electron chi connectivity index (χ4n) is 1.18. The minimum absolute atomic E-state index is 0.122. The number of amides is 1. The van der Waals surface area contributed by atoms with Gasteiger partial charge < -0.3 is 10.1 Å². The van der Waals surface area contributed by atoms with E-state index >= 15 is 0 Å². The number of carbonyl (C=O) groups excluding carboxylic acids is 1. The van der Waals surface area contributed by atoms with Crippen molar-refractivity contribution in [1.29, 1.82) is 0 Å². The SMILES string of the molecule is Cn1c([N+](=O)[O-])cnc1C=C1SC=NC1=O. The Balaban J connectivity index is 2.36. The van der Waals surface area contributed by atoms with Crippen LogP contribution in [0, 0.1) is 10.1 Å². The predicted octanol–water partition coefficient (Wildman–Crippen LogP) is 0.971. The van der Waals surface area contributed by atoms with E-state index in [2.05, 4.69) is 9.98 Å². The second-order valence-electron chi connectivity index (χ2n) is 2.96. The zero-order valence-corrected chi connectivity index (χ0v) is 8.97. The van der Waals surface area contributed by atoms with E-state index in [1.54, 1.807) is 0 Å². The van der Waals surface area contributed by atoms with Crippen LogP contribution in [0.3, 0.4) is 0 Å². The summed E-state index contributed by atoms with van der Waals surface area (Å²) in [7, 11) is 1.52. The molecule has 0 spiro atoms. The molecule has 1 aromatic heterocycles. The van der Waals surface area contributed by atoms with Crippen LogP contribution in [0.2, 0.25) is 0 Å². The molecule has 0 N–H and O–H groups in total. The molecule has 82 valence electrons. The molecular weight excluding hydrogens is 232 g/mol. The van der Waals surface area contributed by atoms with Crippen molar-refractivity contribution in [3.63, 3.8) is 0 Å². The average Bonchev–Trinajstić information content (AvgIpc) is 2.76. The monoisotopic (exact) mass is 238 g/mol. The van der Waals surface area contributed by atoms with Gasteiger partial charge in [0.15, 0.2) is 0 Å². The van der Waals surface area contributed by atoms with Gasteiger partial charge in [0.25, 0.3) is 5.91 Å². The first-order valence-corrected chi connectivity index (χ1v) is 5.09. The van der Waals surface area contributed by atoms with E-state index in [9.17, 15) is 14.9 Å². The number of aliphatic imine (C=N–C) groups is 1. The molecule has 16 heavy (non-hydrogen) atoms. The standard InChI is InChI=1S/C8H6N4O3S/c1-11-6(9-3-7(11)12(14)15)2-5-8(13)10-4-16-5/h2-4H,1H3. The van der Waals surface area contributed by atoms with Crippen LogP contribution in [0.4, 0.5) is 5.82 Å². The molecule has 0 unspecified atom stereocenters. The van der Waals surface area contributed by atoms with E-state index in [1.165, 1.54) is 35.0 Å². The largest absolute Gasteiger partial charge is 0.358 e. The number of aromatic nitrogens is 2. The van der Waals surface area contributed by atoms with Crippen molar-refractivity contribution in [3.8, 4) is 0 Å². The molecule has 0 atom stereocenters. The fourth-order valence-corrected chi connectivity index (χ4v) is 1.77. The van der Waals surface area contributed by atoms with Crippen molar-refractivity contribution in [3.05, 3.63) is 27.0 Å². The third kappa shape index (κ3) is 1.74. The Bertz CT molecular complexity index is 531. The van der Waals surface area contributed by atoms with Crippen LogP contribution in [0.25, 0.3) is 6.08 Å². The Morgan fingerprint density at radius 3 is 2.88 bits per heavy atom. The number of thioether (sulfide) groups is 1. The molecule has 1 aliphatic heterocycles. The summed E-state index contributed by atoms with van der Waals surface area (Å²) in [4.78, 5) is 29.0. The molecule has 2 heterocycles. The molecule has 0 bridgehead atoms. The van der Waals surface area contributed by atoms with Gasteiger partial charge in [0.2, 0.25) is 5.82 Å². The lowest BCUT2D eigenvalue weighted by atomic mass is 10.4. The van der Waals surface area contributed by atoms with Crippen molar-refractivity contribution in [2.75, 3.05) is 0 Å². The van der Waals surface area contributed by atoms with E-state index < -0.39 is 4.92 Å². The van der Waals surface area contributed by atoms with Crippen LogP contribution in [0.15, 0.2) is 16.1 Å². The molecule has 0 fully saturated rings. The molecular formula is C8H6N4O3S. The van der Waals surface area contributed by atoms with Crippen molar-refractivity contribution in [2.45, 2.75) is 0 Å². The van der Waals surface area contributed by atoms with E-state index in [0.717, 1.165) is 6.20 Å². The second-order valence-corrected chi connectivity index (χ2v) is 3.84. The highest BCUT2D eigenvalue weighted by molar-refractivity contribution is 8.16.